The van der Waals surface area contributed by atoms with Gasteiger partial charge in [-0.3, -0.25) is 0 Å². The summed E-state index contributed by atoms with van der Waals surface area (Å²) in [5.41, 5.74) is -2.60. The van der Waals surface area contributed by atoms with E-state index >= 15 is 0 Å². The molecular formula is C11H4BrF4NO2. The second-order valence-corrected chi connectivity index (χ2v) is 4.37. The number of pyridine rings is 1. The highest BCUT2D eigenvalue weighted by molar-refractivity contribution is 9.10. The number of halogens is 5. The number of alkyl halides is 3. The Kier molecular flexibility index (Phi) is 3.21. The Morgan fingerprint density at radius 2 is 1.95 bits per heavy atom. The van der Waals surface area contributed by atoms with Crippen molar-refractivity contribution in [2.45, 2.75) is 6.18 Å². The lowest BCUT2D eigenvalue weighted by Gasteiger charge is -2.14. The molecule has 1 N–H and O–H groups in total. The molecule has 0 radical (unpaired) electrons. The molecule has 1 aromatic carbocycles. The quantitative estimate of drug-likeness (QED) is 0.635. The van der Waals surface area contributed by atoms with Gasteiger partial charge in [-0.1, -0.05) is 0 Å². The summed E-state index contributed by atoms with van der Waals surface area (Å²) in [6.07, 6.45) is -4.94. The van der Waals surface area contributed by atoms with E-state index in [-0.39, 0.29) is 5.52 Å². The fourth-order valence-corrected chi connectivity index (χ4v) is 2.25. The number of carboxylic acids is 1. The fourth-order valence-electron chi connectivity index (χ4n) is 1.70. The molecule has 2 rings (SSSR count). The van der Waals surface area contributed by atoms with E-state index in [1.807, 2.05) is 0 Å². The SMILES string of the molecule is O=C(O)c1c(Br)nc2ccc(F)cc2c1C(F)(F)F. The monoisotopic (exact) mass is 337 g/mol. The van der Waals surface area contributed by atoms with E-state index in [0.717, 1.165) is 12.1 Å². The molecular weight excluding hydrogens is 334 g/mol. The highest BCUT2D eigenvalue weighted by atomic mass is 79.9. The van der Waals surface area contributed by atoms with Gasteiger partial charge in [0.2, 0.25) is 0 Å². The minimum Gasteiger partial charge on any atom is -0.478 e. The van der Waals surface area contributed by atoms with Gasteiger partial charge in [-0.2, -0.15) is 13.2 Å². The summed E-state index contributed by atoms with van der Waals surface area (Å²) in [7, 11) is 0. The number of fused-ring (bicyclic) bond motifs is 1. The number of aromatic nitrogens is 1. The summed E-state index contributed by atoms with van der Waals surface area (Å²) >= 11 is 2.69. The van der Waals surface area contributed by atoms with Crippen LogP contribution in [0.5, 0.6) is 0 Å². The molecule has 2 aromatic rings. The standard InChI is InChI=1S/C11H4BrF4NO2/c12-9-7(10(18)19)8(11(14,15)16)5-3-4(13)1-2-6(5)17-9/h1-3H,(H,18,19). The van der Waals surface area contributed by atoms with Crippen LogP contribution in [0.25, 0.3) is 10.9 Å². The lowest BCUT2D eigenvalue weighted by atomic mass is 10.0. The summed E-state index contributed by atoms with van der Waals surface area (Å²) in [4.78, 5) is 14.6. The van der Waals surface area contributed by atoms with Crippen LogP contribution in [-0.2, 0) is 6.18 Å². The van der Waals surface area contributed by atoms with E-state index in [4.69, 9.17) is 5.11 Å². The van der Waals surface area contributed by atoms with Gasteiger partial charge in [-0.25, -0.2) is 14.2 Å². The largest absolute Gasteiger partial charge is 0.478 e. The molecule has 0 aliphatic rings. The molecule has 0 aliphatic carbocycles. The lowest BCUT2D eigenvalue weighted by Crippen LogP contribution is -2.15. The van der Waals surface area contributed by atoms with Gasteiger partial charge in [0.25, 0.3) is 0 Å². The first-order valence-electron chi connectivity index (χ1n) is 4.81. The van der Waals surface area contributed by atoms with Crippen LogP contribution in [0.15, 0.2) is 22.8 Å². The molecule has 8 heteroatoms. The van der Waals surface area contributed by atoms with Gasteiger partial charge in [-0.05, 0) is 34.1 Å². The molecule has 0 spiro atoms. The maximum absolute atomic E-state index is 13.1. The Bertz CT molecular complexity index is 684. The van der Waals surface area contributed by atoms with Gasteiger partial charge in [-0.15, -0.1) is 0 Å². The summed E-state index contributed by atoms with van der Waals surface area (Å²) in [5.74, 6) is -2.70. The van der Waals surface area contributed by atoms with Crippen LogP contribution in [0.1, 0.15) is 15.9 Å². The Morgan fingerprint density at radius 3 is 2.47 bits per heavy atom. The number of carbonyl (C=O) groups is 1. The molecule has 0 bridgehead atoms. The molecule has 0 saturated heterocycles. The van der Waals surface area contributed by atoms with Crippen LogP contribution in [0.4, 0.5) is 17.6 Å². The third-order valence-corrected chi connectivity index (χ3v) is 2.97. The number of nitrogens with zero attached hydrogens (tertiary/aromatic N) is 1. The van der Waals surface area contributed by atoms with Crippen molar-refractivity contribution in [3.05, 3.63) is 39.7 Å². The average Bonchev–Trinajstić information content (AvgIpc) is 2.26. The lowest BCUT2D eigenvalue weighted by molar-refractivity contribution is -0.136. The van der Waals surface area contributed by atoms with E-state index in [1.54, 1.807) is 0 Å². The molecule has 0 saturated carbocycles. The highest BCUT2D eigenvalue weighted by Gasteiger charge is 2.39. The first-order chi connectivity index (χ1) is 8.71. The van der Waals surface area contributed by atoms with Crippen molar-refractivity contribution in [1.29, 1.82) is 0 Å². The van der Waals surface area contributed by atoms with E-state index in [1.165, 1.54) is 0 Å². The van der Waals surface area contributed by atoms with E-state index in [2.05, 4.69) is 20.9 Å². The van der Waals surface area contributed by atoms with Gasteiger partial charge in [0.15, 0.2) is 0 Å². The number of benzene rings is 1. The molecule has 0 amide bonds. The fraction of sp³-hybridized carbons (Fsp3) is 0.0909. The predicted octanol–water partition coefficient (Wildman–Crippen LogP) is 3.85. The van der Waals surface area contributed by atoms with Crippen molar-refractivity contribution in [1.82, 2.24) is 4.98 Å². The summed E-state index contributed by atoms with van der Waals surface area (Å²) in [5, 5.41) is 8.29. The average molecular weight is 338 g/mol. The molecule has 1 aromatic heterocycles. The Labute approximate surface area is 112 Å². The molecule has 19 heavy (non-hydrogen) atoms. The zero-order valence-corrected chi connectivity index (χ0v) is 10.5. The highest BCUT2D eigenvalue weighted by Crippen LogP contribution is 2.39. The Balaban J connectivity index is 3.02. The molecule has 0 unspecified atom stereocenters. The number of carboxylic acid groups (broad SMARTS) is 1. The Hall–Kier alpha value is -1.70. The Morgan fingerprint density at radius 1 is 1.32 bits per heavy atom. The third-order valence-electron chi connectivity index (χ3n) is 2.40. The van der Waals surface area contributed by atoms with Gasteiger partial charge in [0, 0.05) is 5.39 Å². The number of hydrogen-bond acceptors (Lipinski definition) is 2. The number of rotatable bonds is 1. The van der Waals surface area contributed by atoms with Gasteiger partial charge in [0.05, 0.1) is 11.1 Å². The smallest absolute Gasteiger partial charge is 0.418 e. The minimum atomic E-state index is -4.94. The van der Waals surface area contributed by atoms with Gasteiger partial charge in [0.1, 0.15) is 16.0 Å². The second kappa shape index (κ2) is 4.44. The first kappa shape index (κ1) is 13.7. The van der Waals surface area contributed by atoms with Crippen molar-refractivity contribution in [3.8, 4) is 0 Å². The topological polar surface area (TPSA) is 50.2 Å². The van der Waals surface area contributed by atoms with Crippen molar-refractivity contribution in [2.24, 2.45) is 0 Å². The maximum atomic E-state index is 13.1. The molecule has 0 fully saturated rings. The van der Waals surface area contributed by atoms with Gasteiger partial charge >= 0.3 is 12.1 Å². The third kappa shape index (κ3) is 2.40. The van der Waals surface area contributed by atoms with Crippen LogP contribution < -0.4 is 0 Å². The normalized spacial score (nSPS) is 11.8. The van der Waals surface area contributed by atoms with E-state index in [0.29, 0.717) is 6.07 Å². The second-order valence-electron chi connectivity index (χ2n) is 3.62. The molecule has 3 nitrogen and oxygen atoms in total. The molecule has 0 aliphatic heterocycles. The van der Waals surface area contributed by atoms with Crippen molar-refractivity contribution < 1.29 is 27.5 Å². The predicted molar refractivity (Wildman–Crippen MR) is 61.4 cm³/mol. The van der Waals surface area contributed by atoms with Crippen LogP contribution in [0.2, 0.25) is 0 Å². The summed E-state index contributed by atoms with van der Waals surface area (Å²) in [6.45, 7) is 0. The minimum absolute atomic E-state index is 0.148. The van der Waals surface area contributed by atoms with Gasteiger partial charge < -0.3 is 5.11 Å². The van der Waals surface area contributed by atoms with Crippen molar-refractivity contribution in [3.63, 3.8) is 0 Å². The first-order valence-corrected chi connectivity index (χ1v) is 5.60. The number of aromatic carboxylic acids is 1. The number of hydrogen-bond donors (Lipinski definition) is 1. The van der Waals surface area contributed by atoms with Crippen molar-refractivity contribution in [2.75, 3.05) is 0 Å². The summed E-state index contributed by atoms with van der Waals surface area (Å²) < 4.78 is 51.7. The molecule has 1 heterocycles. The van der Waals surface area contributed by atoms with Crippen LogP contribution in [0.3, 0.4) is 0 Å². The van der Waals surface area contributed by atoms with E-state index < -0.39 is 39.1 Å². The van der Waals surface area contributed by atoms with E-state index in [9.17, 15) is 22.4 Å². The summed E-state index contributed by atoms with van der Waals surface area (Å²) in [6, 6.07) is 2.61. The van der Waals surface area contributed by atoms with Crippen molar-refractivity contribution >= 4 is 32.8 Å². The van der Waals surface area contributed by atoms with Crippen LogP contribution in [0, 0.1) is 5.82 Å². The maximum Gasteiger partial charge on any atom is 0.418 e. The zero-order chi connectivity index (χ0) is 14.4. The van der Waals surface area contributed by atoms with Crippen LogP contribution in [-0.4, -0.2) is 16.1 Å². The molecule has 100 valence electrons. The zero-order valence-electron chi connectivity index (χ0n) is 8.92. The molecule has 0 atom stereocenters. The van der Waals surface area contributed by atoms with Crippen LogP contribution >= 0.6 is 15.9 Å².